The standard InChI is InChI=1S/C42H74N4O25S8/c1-76(55,56)72-21-17-43-35(47)9-5-13-39(51)68-29-64-27-33(66-31-70-41(53)15-7-11-37(49)45-19-23-74-78(3,59)60)25-63-26-34(67-32-71-42(54)16-8-12-38(50)46-20-24-75-79(4,61)62)28-65-30-69-40(52)14-6-10-36(48)44-18-22-73-77(2,57)58/h33-34H,5-32H2,1-4H3,(H,43,47)(H,44,48)(H,45,49)(H,46,50). The number of hydrogen-bond donors (Lipinski definition) is 4. The minimum atomic E-state index is -3.27. The van der Waals surface area contributed by atoms with Gasteiger partial charge in [-0.25, -0.2) is 33.7 Å². The summed E-state index contributed by atoms with van der Waals surface area (Å²) in [6.07, 6.45) is 1.74. The van der Waals surface area contributed by atoms with E-state index in [-0.39, 0.29) is 153 Å². The normalized spacial score (nSPS) is 12.6. The highest BCUT2D eigenvalue weighted by Gasteiger charge is 2.19. The molecule has 0 aliphatic heterocycles. The Balaban J connectivity index is 5.48. The van der Waals surface area contributed by atoms with E-state index in [1.165, 1.54) is 0 Å². The van der Waals surface area contributed by atoms with E-state index in [4.69, 9.17) is 42.6 Å². The number of carbonyl (C=O) groups excluding carboxylic acids is 8. The van der Waals surface area contributed by atoms with Crippen LogP contribution in [-0.4, -0.2) is 221 Å². The van der Waals surface area contributed by atoms with Crippen LogP contribution in [0.5, 0.6) is 0 Å². The first-order valence-corrected chi connectivity index (χ1v) is 37.6. The Bertz CT molecular complexity index is 2150. The summed E-state index contributed by atoms with van der Waals surface area (Å²) in [4.78, 5) is 97.7. The van der Waals surface area contributed by atoms with Gasteiger partial charge in [0.15, 0.2) is 62.6 Å². The lowest BCUT2D eigenvalue weighted by atomic mass is 10.2. The second kappa shape index (κ2) is 44.4. The van der Waals surface area contributed by atoms with Gasteiger partial charge in [-0.05, 0) is 68.9 Å². The number of amides is 4. The van der Waals surface area contributed by atoms with Crippen LogP contribution in [0.4, 0.5) is 0 Å². The van der Waals surface area contributed by atoms with E-state index in [1.54, 1.807) is 0 Å². The minimum absolute atomic E-state index is 0.0339. The van der Waals surface area contributed by atoms with Gasteiger partial charge in [0, 0.05) is 126 Å². The van der Waals surface area contributed by atoms with Gasteiger partial charge in [-0.2, -0.15) is 0 Å². The van der Waals surface area contributed by atoms with Crippen molar-refractivity contribution < 1.29 is 115 Å². The Morgan fingerprint density at radius 1 is 0.342 bits per heavy atom. The first-order chi connectivity index (χ1) is 37.0. The van der Waals surface area contributed by atoms with Crippen LogP contribution in [0.25, 0.3) is 0 Å². The summed E-state index contributed by atoms with van der Waals surface area (Å²) in [6.45, 7) is -3.17. The number of nitrogens with one attached hydrogen (secondary N) is 4. The largest absolute Gasteiger partial charge is 0.438 e. The van der Waals surface area contributed by atoms with Crippen molar-refractivity contribution in [2.45, 2.75) is 89.3 Å². The van der Waals surface area contributed by atoms with Gasteiger partial charge in [-0.15, -0.1) is 0 Å². The van der Waals surface area contributed by atoms with Crippen LogP contribution in [-0.2, 0) is 116 Å². The zero-order valence-electron chi connectivity index (χ0n) is 44.4. The third-order valence-corrected chi connectivity index (χ3v) is 19.2. The zero-order chi connectivity index (χ0) is 59.6. The molecule has 0 saturated heterocycles. The molecule has 0 aromatic carbocycles. The van der Waals surface area contributed by atoms with Gasteiger partial charge in [-0.1, -0.05) is 0 Å². The molecule has 4 amide bonds. The fraction of sp³-hybridized carbons (Fsp3) is 0.810. The van der Waals surface area contributed by atoms with Crippen LogP contribution in [0, 0.1) is 0 Å². The van der Waals surface area contributed by atoms with Gasteiger partial charge in [-0.3, -0.25) is 38.4 Å². The van der Waals surface area contributed by atoms with Gasteiger partial charge in [0.25, 0.3) is 0 Å². The molecule has 0 spiro atoms. The predicted octanol–water partition coefficient (Wildman–Crippen LogP) is -0.273. The van der Waals surface area contributed by atoms with Crippen molar-refractivity contribution in [2.24, 2.45) is 0 Å². The average Bonchev–Trinajstić information content (AvgIpc) is 3.33. The summed E-state index contributed by atoms with van der Waals surface area (Å²) in [5.41, 5.74) is 0. The Kier molecular flexibility index (Phi) is 42.5. The Morgan fingerprint density at radius 2 is 0.570 bits per heavy atom. The summed E-state index contributed by atoms with van der Waals surface area (Å²) in [5, 5.41) is 10.2. The van der Waals surface area contributed by atoms with Crippen molar-refractivity contribution in [3.63, 3.8) is 0 Å². The molecule has 0 saturated carbocycles. The van der Waals surface area contributed by atoms with Gasteiger partial charge in [0.2, 0.25) is 23.6 Å². The molecule has 0 aromatic heterocycles. The summed E-state index contributed by atoms with van der Waals surface area (Å²) in [7, 11) is -10.3. The third-order valence-electron chi connectivity index (χ3n) is 8.89. The van der Waals surface area contributed by atoms with Crippen molar-refractivity contribution in [3.8, 4) is 0 Å². The molecule has 0 heterocycles. The van der Waals surface area contributed by atoms with Crippen LogP contribution in [0.15, 0.2) is 0 Å². The SMILES string of the molecule is CS(=O)(=O)SCCNC(=O)CCCC(=O)OCOCC(COCC(COCOC(=O)CCCC(=O)NCCSS(C)(=O)=O)OCOC(=O)CCCC(=O)NCCSS(C)(=O)=O)OCOC(=O)CCCC(=O)NCCSS(C)(=O)=O. The zero-order valence-corrected chi connectivity index (χ0v) is 51.0. The van der Waals surface area contributed by atoms with Gasteiger partial charge in [0.1, 0.15) is 12.2 Å². The van der Waals surface area contributed by atoms with Crippen molar-refractivity contribution in [1.82, 2.24) is 21.3 Å². The number of ether oxygens (including phenoxy) is 9. The Hall–Kier alpha value is -3.24. The molecule has 0 rings (SSSR count). The van der Waals surface area contributed by atoms with E-state index < -0.39 is 122 Å². The van der Waals surface area contributed by atoms with Gasteiger partial charge in [0.05, 0.1) is 26.4 Å². The molecule has 79 heavy (non-hydrogen) atoms. The second-order valence-corrected chi connectivity index (χ2v) is 34.6. The molecule has 29 nitrogen and oxygen atoms in total. The van der Waals surface area contributed by atoms with Crippen LogP contribution in [0.3, 0.4) is 0 Å². The summed E-state index contributed by atoms with van der Waals surface area (Å²) < 4.78 is 138. The highest BCUT2D eigenvalue weighted by Crippen LogP contribution is 2.11. The molecule has 0 fully saturated rings. The van der Waals surface area contributed by atoms with Crippen LogP contribution >= 0.6 is 43.2 Å². The molecular formula is C42H74N4O25S8. The number of carbonyl (C=O) groups is 8. The highest BCUT2D eigenvalue weighted by molar-refractivity contribution is 8.72. The maximum atomic E-state index is 12.4. The lowest BCUT2D eigenvalue weighted by molar-refractivity contribution is -0.185. The summed E-state index contributed by atoms with van der Waals surface area (Å²) in [6, 6.07) is 0. The topological polar surface area (TPSA) is 404 Å². The monoisotopic (exact) mass is 1290 g/mol. The van der Waals surface area contributed by atoms with Gasteiger partial charge >= 0.3 is 23.9 Å². The third kappa shape index (κ3) is 55.1. The number of esters is 4. The molecular weight excluding hydrogens is 1220 g/mol. The molecule has 460 valence electrons. The molecule has 0 bridgehead atoms. The van der Waals surface area contributed by atoms with Crippen LogP contribution in [0.2, 0.25) is 0 Å². The highest BCUT2D eigenvalue weighted by atomic mass is 33.2. The second-order valence-electron chi connectivity index (χ2n) is 16.3. The van der Waals surface area contributed by atoms with Crippen molar-refractivity contribution >= 4 is 126 Å². The molecule has 0 aromatic rings. The lowest BCUT2D eigenvalue weighted by Gasteiger charge is -2.21. The maximum Gasteiger partial charge on any atom is 0.307 e. The van der Waals surface area contributed by atoms with E-state index in [2.05, 4.69) is 21.3 Å². The fourth-order valence-corrected chi connectivity index (χ4v) is 11.9. The Labute approximate surface area is 476 Å². The predicted molar refractivity (Wildman–Crippen MR) is 293 cm³/mol. The summed E-state index contributed by atoms with van der Waals surface area (Å²) in [5.74, 6) is -3.88. The first-order valence-electron chi connectivity index (χ1n) is 24.0. The van der Waals surface area contributed by atoms with Gasteiger partial charge < -0.3 is 63.9 Å². The molecule has 0 radical (unpaired) electrons. The Morgan fingerprint density at radius 3 is 0.810 bits per heavy atom. The van der Waals surface area contributed by atoms with Crippen molar-refractivity contribution in [2.75, 3.05) is 128 Å². The van der Waals surface area contributed by atoms with Crippen molar-refractivity contribution in [1.29, 1.82) is 0 Å². The average molecular weight is 1290 g/mol. The van der Waals surface area contributed by atoms with E-state index in [9.17, 15) is 72.0 Å². The number of rotatable bonds is 50. The van der Waals surface area contributed by atoms with E-state index in [0.717, 1.165) is 25.0 Å². The molecule has 37 heteroatoms. The van der Waals surface area contributed by atoms with E-state index in [1.807, 2.05) is 0 Å². The lowest BCUT2D eigenvalue weighted by Crippen LogP contribution is -2.32. The number of hydrogen-bond acceptors (Lipinski definition) is 29. The molecule has 0 aliphatic rings. The van der Waals surface area contributed by atoms with Crippen molar-refractivity contribution in [3.05, 3.63) is 0 Å². The molecule has 4 N–H and O–H groups in total. The van der Waals surface area contributed by atoms with E-state index in [0.29, 0.717) is 43.2 Å². The molecule has 2 atom stereocenters. The first kappa shape index (κ1) is 75.8. The smallest absolute Gasteiger partial charge is 0.307 e. The quantitative estimate of drug-likeness (QED) is 0.0200. The van der Waals surface area contributed by atoms with Crippen LogP contribution in [0.1, 0.15) is 77.0 Å². The summed E-state index contributed by atoms with van der Waals surface area (Å²) >= 11 is 0. The molecule has 0 aliphatic carbocycles. The van der Waals surface area contributed by atoms with E-state index >= 15 is 0 Å². The maximum absolute atomic E-state index is 12.4. The fourth-order valence-electron chi connectivity index (χ4n) is 5.33. The molecule has 2 unspecified atom stereocenters. The minimum Gasteiger partial charge on any atom is -0.438 e. The van der Waals surface area contributed by atoms with Crippen LogP contribution < -0.4 is 21.3 Å².